The SMILES string of the molecule is Cl.F.[AlH3].[H-].[Na+]. The molecule has 0 N–H and O–H groups in total. The van der Waals surface area contributed by atoms with Gasteiger partial charge in [-0.1, -0.05) is 0 Å². The molecule has 4 heteroatoms. The predicted molar refractivity (Wildman–Crippen MR) is 20.8 cm³/mol. The minimum Gasteiger partial charge on any atom is -1.00 e. The Morgan fingerprint density at radius 2 is 1.25 bits per heavy atom. The first-order valence-electron chi connectivity index (χ1n) is 0. The van der Waals surface area contributed by atoms with Crippen molar-refractivity contribution in [2.24, 2.45) is 0 Å². The molecule has 0 aliphatic carbocycles. The molecule has 0 aliphatic rings. The van der Waals surface area contributed by atoms with Crippen LogP contribution in [-0.4, -0.2) is 17.4 Å². The van der Waals surface area contributed by atoms with Crippen molar-refractivity contribution in [2.75, 3.05) is 0 Å². The molecule has 0 bridgehead atoms. The summed E-state index contributed by atoms with van der Waals surface area (Å²) in [7, 11) is 0. The molecule has 0 unspecified atom stereocenters. The number of hydrogen-bond acceptors (Lipinski definition) is 0. The number of halogens is 2. The first-order chi connectivity index (χ1) is 0. The van der Waals surface area contributed by atoms with Crippen LogP contribution in [0.2, 0.25) is 0 Å². The van der Waals surface area contributed by atoms with E-state index in [-0.39, 0.29) is 65.5 Å². The fraction of sp³-hybridized carbons (Fsp3) is 0. The molecule has 0 rings (SSSR count). The van der Waals surface area contributed by atoms with E-state index in [0.717, 1.165) is 0 Å². The van der Waals surface area contributed by atoms with Crippen LogP contribution in [0.25, 0.3) is 0 Å². The molecule has 24 valence electrons. The zero-order valence-electron chi connectivity index (χ0n) is 2.82. The van der Waals surface area contributed by atoms with E-state index < -0.39 is 0 Å². The molecule has 0 aromatic carbocycles. The Balaban J connectivity index is 0. The molecule has 0 saturated heterocycles. The summed E-state index contributed by atoms with van der Waals surface area (Å²) in [4.78, 5) is 0. The van der Waals surface area contributed by atoms with Gasteiger partial charge in [-0.2, -0.15) is 0 Å². The van der Waals surface area contributed by atoms with E-state index in [2.05, 4.69) is 0 Å². The van der Waals surface area contributed by atoms with Crippen LogP contribution in [0.15, 0.2) is 0 Å². The fourth-order valence-electron chi connectivity index (χ4n) is 0. The third-order valence-corrected chi connectivity index (χ3v) is 0. The normalized spacial score (nSPS) is 0. The van der Waals surface area contributed by atoms with Crippen LogP contribution in [0.1, 0.15) is 1.43 Å². The Labute approximate surface area is 65.0 Å². The summed E-state index contributed by atoms with van der Waals surface area (Å²) < 4.78 is 0. The average molecular weight is 110 g/mol. The van der Waals surface area contributed by atoms with Gasteiger partial charge in [0.15, 0.2) is 17.4 Å². The van der Waals surface area contributed by atoms with Crippen LogP contribution in [0, 0.1) is 0 Å². The van der Waals surface area contributed by atoms with Crippen molar-refractivity contribution in [1.29, 1.82) is 0 Å². The van der Waals surface area contributed by atoms with Crippen molar-refractivity contribution in [2.45, 2.75) is 0 Å². The van der Waals surface area contributed by atoms with Gasteiger partial charge in [0, 0.05) is 0 Å². The minimum atomic E-state index is 0. The largest absolute Gasteiger partial charge is 1.00 e. The molecular weight excluding hydrogens is 104 g/mol. The van der Waals surface area contributed by atoms with Crippen molar-refractivity contribution in [3.63, 3.8) is 0 Å². The average Bonchev–Trinajstić information content (AvgIpc) is 0. The summed E-state index contributed by atoms with van der Waals surface area (Å²) in [6.07, 6.45) is 0. The van der Waals surface area contributed by atoms with Gasteiger partial charge in [0.05, 0.1) is 0 Å². The monoisotopic (exact) mass is 110 g/mol. The summed E-state index contributed by atoms with van der Waals surface area (Å²) in [6.45, 7) is 0. The first-order valence-corrected chi connectivity index (χ1v) is 0. The van der Waals surface area contributed by atoms with E-state index in [4.69, 9.17) is 0 Å². The van der Waals surface area contributed by atoms with Crippen LogP contribution >= 0.6 is 12.4 Å². The van der Waals surface area contributed by atoms with Gasteiger partial charge < -0.3 is 1.43 Å². The molecule has 0 radical (unpaired) electrons. The van der Waals surface area contributed by atoms with E-state index in [1.54, 1.807) is 0 Å². The summed E-state index contributed by atoms with van der Waals surface area (Å²) in [6, 6.07) is 0. The van der Waals surface area contributed by atoms with Crippen molar-refractivity contribution in [3.8, 4) is 0 Å². The molecular formula is H6AlClFNa. The van der Waals surface area contributed by atoms with E-state index in [0.29, 0.717) is 0 Å². The molecule has 0 atom stereocenters. The second-order valence-electron chi connectivity index (χ2n) is 0. The zero-order chi connectivity index (χ0) is 0. The van der Waals surface area contributed by atoms with E-state index in [9.17, 15) is 0 Å². The smallest absolute Gasteiger partial charge is 1.00 e. The van der Waals surface area contributed by atoms with Gasteiger partial charge in [-0.25, -0.2) is 0 Å². The van der Waals surface area contributed by atoms with Crippen LogP contribution in [0.5, 0.6) is 0 Å². The van der Waals surface area contributed by atoms with Crippen molar-refractivity contribution in [1.82, 2.24) is 0 Å². The molecule has 0 aliphatic heterocycles. The summed E-state index contributed by atoms with van der Waals surface area (Å²) in [5.74, 6) is 0. The Morgan fingerprint density at radius 3 is 1.25 bits per heavy atom. The predicted octanol–water partition coefficient (Wildman–Crippen LogP) is -3.49. The number of rotatable bonds is 0. The van der Waals surface area contributed by atoms with Gasteiger partial charge in [0.2, 0.25) is 0 Å². The van der Waals surface area contributed by atoms with Gasteiger partial charge in [-0.3, -0.25) is 4.70 Å². The molecule has 0 nitrogen and oxygen atoms in total. The van der Waals surface area contributed by atoms with Crippen molar-refractivity contribution >= 4 is 29.8 Å². The van der Waals surface area contributed by atoms with E-state index >= 15 is 0 Å². The fourth-order valence-corrected chi connectivity index (χ4v) is 0. The summed E-state index contributed by atoms with van der Waals surface area (Å²) in [5, 5.41) is 0. The summed E-state index contributed by atoms with van der Waals surface area (Å²) in [5.41, 5.74) is 0. The molecule has 0 saturated carbocycles. The second kappa shape index (κ2) is 21.8. The third-order valence-electron chi connectivity index (χ3n) is 0. The number of hydrogen-bond donors (Lipinski definition) is 0. The van der Waals surface area contributed by atoms with Gasteiger partial charge in [-0.15, -0.1) is 12.4 Å². The molecule has 0 heterocycles. The van der Waals surface area contributed by atoms with Gasteiger partial charge in [0.1, 0.15) is 0 Å². The zero-order valence-corrected chi connectivity index (χ0v) is 4.63. The summed E-state index contributed by atoms with van der Waals surface area (Å²) >= 11 is 0. The van der Waals surface area contributed by atoms with Crippen LogP contribution in [-0.2, 0) is 0 Å². The molecule has 0 spiro atoms. The Hall–Kier alpha value is 1.75. The van der Waals surface area contributed by atoms with Crippen LogP contribution < -0.4 is 29.6 Å². The third kappa shape index (κ3) is 9.26. The van der Waals surface area contributed by atoms with E-state index in [1.165, 1.54) is 0 Å². The van der Waals surface area contributed by atoms with E-state index in [1.807, 2.05) is 0 Å². The second-order valence-corrected chi connectivity index (χ2v) is 0. The van der Waals surface area contributed by atoms with Crippen LogP contribution in [0.3, 0.4) is 0 Å². The van der Waals surface area contributed by atoms with Gasteiger partial charge in [0.25, 0.3) is 0 Å². The maximum atomic E-state index is 0. The van der Waals surface area contributed by atoms with Gasteiger partial charge >= 0.3 is 29.6 Å². The Morgan fingerprint density at radius 1 is 1.25 bits per heavy atom. The minimum absolute atomic E-state index is 0. The Bertz CT molecular complexity index is 11.6. The van der Waals surface area contributed by atoms with Crippen molar-refractivity contribution < 1.29 is 35.7 Å². The molecule has 0 aromatic heterocycles. The van der Waals surface area contributed by atoms with Crippen LogP contribution in [0.4, 0.5) is 4.70 Å². The van der Waals surface area contributed by atoms with Gasteiger partial charge in [-0.05, 0) is 0 Å². The molecule has 4 heavy (non-hydrogen) atoms. The molecule has 0 aromatic rings. The first kappa shape index (κ1) is 42.3. The standard InChI is InChI=1S/Al.ClH.FH.Na.4H/h;2*1H;;;;;/q;;;+1;;;;-1. The maximum absolute atomic E-state index is 0. The topological polar surface area (TPSA) is 0 Å². The maximum Gasteiger partial charge on any atom is 1.00 e. The molecule has 0 amide bonds. The van der Waals surface area contributed by atoms with Crippen molar-refractivity contribution in [3.05, 3.63) is 0 Å². The molecule has 0 fully saturated rings. The Kier molecular flexibility index (Phi) is 230. The quantitative estimate of drug-likeness (QED) is 0.284.